The molecule has 6 heteroatoms. The molecular weight excluding hydrogens is 262 g/mol. The highest BCUT2D eigenvalue weighted by Gasteiger charge is 2.29. The van der Waals surface area contributed by atoms with Gasteiger partial charge in [-0.1, -0.05) is 51.9 Å². The van der Waals surface area contributed by atoms with Gasteiger partial charge in [-0.2, -0.15) is 0 Å². The third kappa shape index (κ3) is 8.87. The quantitative estimate of drug-likeness (QED) is 0.402. The highest BCUT2D eigenvalue weighted by atomic mass is 16.4. The maximum absolute atomic E-state index is 11.3. The number of aliphatic hydroxyl groups excluding tert-OH is 2. The van der Waals surface area contributed by atoms with E-state index < -0.39 is 24.1 Å². The van der Waals surface area contributed by atoms with Crippen LogP contribution in [0.5, 0.6) is 0 Å². The molecule has 0 radical (unpaired) electrons. The van der Waals surface area contributed by atoms with Gasteiger partial charge in [0.05, 0.1) is 0 Å². The maximum atomic E-state index is 11.3. The number of hydrogen-bond donors (Lipinski definition) is 4. The van der Waals surface area contributed by atoms with Crippen molar-refractivity contribution >= 4 is 11.9 Å². The third-order valence-corrected chi connectivity index (χ3v) is 3.15. The first-order chi connectivity index (χ1) is 9.50. The highest BCUT2D eigenvalue weighted by Crippen LogP contribution is 2.07. The second kappa shape index (κ2) is 11.7. The van der Waals surface area contributed by atoms with Crippen LogP contribution in [0, 0.1) is 0 Å². The fourth-order valence-corrected chi connectivity index (χ4v) is 1.85. The predicted molar refractivity (Wildman–Crippen MR) is 75.3 cm³/mol. The lowest BCUT2D eigenvalue weighted by Gasteiger charge is -2.13. The lowest BCUT2D eigenvalue weighted by molar-refractivity contribution is -0.158. The Morgan fingerprint density at radius 1 is 0.900 bits per heavy atom. The maximum Gasteiger partial charge on any atom is 0.335 e. The van der Waals surface area contributed by atoms with E-state index in [1.165, 1.54) is 32.1 Å². The fourth-order valence-electron chi connectivity index (χ4n) is 1.85. The Balaban J connectivity index is 3.50. The molecule has 0 rings (SSSR count). The predicted octanol–water partition coefficient (Wildman–Crippen LogP) is 1.05. The summed E-state index contributed by atoms with van der Waals surface area (Å²) in [6, 6.07) is 0. The summed E-state index contributed by atoms with van der Waals surface area (Å²) in [6.45, 7) is 2.57. The van der Waals surface area contributed by atoms with Gasteiger partial charge in [0.15, 0.2) is 12.2 Å². The Morgan fingerprint density at radius 3 is 1.90 bits per heavy atom. The number of rotatable bonds is 12. The molecule has 118 valence electrons. The number of carbonyl (C=O) groups excluding carboxylic acids is 1. The lowest BCUT2D eigenvalue weighted by atomic mass is 10.1. The average Bonchev–Trinajstić information content (AvgIpc) is 2.43. The Morgan fingerprint density at radius 2 is 1.40 bits per heavy atom. The second-order valence-electron chi connectivity index (χ2n) is 4.99. The molecule has 0 bridgehead atoms. The summed E-state index contributed by atoms with van der Waals surface area (Å²) >= 11 is 0. The number of aliphatic hydroxyl groups is 2. The summed E-state index contributed by atoms with van der Waals surface area (Å²) in [4.78, 5) is 21.7. The van der Waals surface area contributed by atoms with Crippen LogP contribution in [0.25, 0.3) is 0 Å². The first kappa shape index (κ1) is 18.9. The van der Waals surface area contributed by atoms with E-state index in [1.54, 1.807) is 0 Å². The first-order valence-corrected chi connectivity index (χ1v) is 7.37. The van der Waals surface area contributed by atoms with Gasteiger partial charge < -0.3 is 20.6 Å². The SMILES string of the molecule is CCCCCCCCCCNC(=O)C(O)C(O)C(=O)O. The molecule has 0 saturated heterocycles. The van der Waals surface area contributed by atoms with Crippen molar-refractivity contribution in [3.8, 4) is 0 Å². The van der Waals surface area contributed by atoms with E-state index in [9.17, 15) is 14.7 Å². The molecule has 0 aliphatic heterocycles. The number of aliphatic carboxylic acids is 1. The minimum absolute atomic E-state index is 0.386. The Bertz CT molecular complexity index is 283. The number of carboxylic acid groups (broad SMARTS) is 1. The minimum atomic E-state index is -2.08. The molecule has 4 N–H and O–H groups in total. The van der Waals surface area contributed by atoms with Crippen LogP contribution in [0.4, 0.5) is 0 Å². The van der Waals surface area contributed by atoms with Crippen LogP contribution in [0.15, 0.2) is 0 Å². The van der Waals surface area contributed by atoms with Gasteiger partial charge in [-0.05, 0) is 6.42 Å². The Labute approximate surface area is 120 Å². The van der Waals surface area contributed by atoms with Crippen LogP contribution in [0.2, 0.25) is 0 Å². The summed E-state index contributed by atoms with van der Waals surface area (Å²) < 4.78 is 0. The number of amides is 1. The van der Waals surface area contributed by atoms with Crippen molar-refractivity contribution in [2.75, 3.05) is 6.54 Å². The van der Waals surface area contributed by atoms with Crippen LogP contribution in [0.3, 0.4) is 0 Å². The summed E-state index contributed by atoms with van der Waals surface area (Å²) in [6.07, 6.45) is 5.11. The van der Waals surface area contributed by atoms with Crippen molar-refractivity contribution in [2.24, 2.45) is 0 Å². The summed E-state index contributed by atoms with van der Waals surface area (Å²) in [5.41, 5.74) is 0. The highest BCUT2D eigenvalue weighted by molar-refractivity contribution is 5.87. The molecule has 20 heavy (non-hydrogen) atoms. The van der Waals surface area contributed by atoms with Crippen molar-refractivity contribution in [2.45, 2.75) is 70.5 Å². The number of carbonyl (C=O) groups is 2. The van der Waals surface area contributed by atoms with Gasteiger partial charge >= 0.3 is 5.97 Å². The topological polar surface area (TPSA) is 107 Å². The molecule has 0 aromatic heterocycles. The van der Waals surface area contributed by atoms with Gasteiger partial charge in [-0.3, -0.25) is 4.79 Å². The molecule has 0 saturated carbocycles. The summed E-state index contributed by atoms with van der Waals surface area (Å²) in [5, 5.41) is 29.1. The molecule has 2 unspecified atom stereocenters. The van der Waals surface area contributed by atoms with Crippen LogP contribution < -0.4 is 5.32 Å². The lowest BCUT2D eigenvalue weighted by Crippen LogP contribution is -2.45. The number of carboxylic acids is 1. The fraction of sp³-hybridized carbons (Fsp3) is 0.857. The zero-order chi connectivity index (χ0) is 15.4. The van der Waals surface area contributed by atoms with E-state index in [0.717, 1.165) is 19.3 Å². The van der Waals surface area contributed by atoms with Crippen LogP contribution in [0.1, 0.15) is 58.3 Å². The van der Waals surface area contributed by atoms with Crippen molar-refractivity contribution < 1.29 is 24.9 Å². The smallest absolute Gasteiger partial charge is 0.335 e. The number of nitrogens with one attached hydrogen (secondary N) is 1. The standard InChI is InChI=1S/C14H27NO5/c1-2-3-4-5-6-7-8-9-10-15-13(18)11(16)12(17)14(19)20/h11-12,16-17H,2-10H2,1H3,(H,15,18)(H,19,20). The average molecular weight is 289 g/mol. The van der Waals surface area contributed by atoms with Crippen molar-refractivity contribution in [1.82, 2.24) is 5.32 Å². The van der Waals surface area contributed by atoms with E-state index in [0.29, 0.717) is 6.54 Å². The monoisotopic (exact) mass is 289 g/mol. The van der Waals surface area contributed by atoms with Crippen LogP contribution in [-0.2, 0) is 9.59 Å². The van der Waals surface area contributed by atoms with Gasteiger partial charge in [0.2, 0.25) is 0 Å². The first-order valence-electron chi connectivity index (χ1n) is 7.37. The zero-order valence-corrected chi connectivity index (χ0v) is 12.2. The molecule has 0 fully saturated rings. The van der Waals surface area contributed by atoms with E-state index in [1.807, 2.05) is 0 Å². The molecule has 0 spiro atoms. The van der Waals surface area contributed by atoms with E-state index in [4.69, 9.17) is 10.2 Å². The van der Waals surface area contributed by atoms with Gasteiger partial charge in [-0.25, -0.2) is 4.79 Å². The molecule has 1 amide bonds. The molecule has 0 aliphatic carbocycles. The van der Waals surface area contributed by atoms with Crippen LogP contribution >= 0.6 is 0 Å². The van der Waals surface area contributed by atoms with E-state index in [-0.39, 0.29) is 0 Å². The molecular formula is C14H27NO5. The van der Waals surface area contributed by atoms with Gasteiger partial charge in [0.1, 0.15) is 0 Å². The second-order valence-corrected chi connectivity index (χ2v) is 4.99. The number of hydrogen-bond acceptors (Lipinski definition) is 4. The minimum Gasteiger partial charge on any atom is -0.479 e. The normalized spacial score (nSPS) is 13.8. The Kier molecular flexibility index (Phi) is 11.0. The molecule has 0 aliphatic rings. The largest absolute Gasteiger partial charge is 0.479 e. The van der Waals surface area contributed by atoms with E-state index >= 15 is 0 Å². The number of unbranched alkanes of at least 4 members (excludes halogenated alkanes) is 7. The summed E-state index contributed by atoms with van der Waals surface area (Å²) in [7, 11) is 0. The third-order valence-electron chi connectivity index (χ3n) is 3.15. The molecule has 0 aromatic rings. The molecule has 0 heterocycles. The van der Waals surface area contributed by atoms with E-state index in [2.05, 4.69) is 12.2 Å². The van der Waals surface area contributed by atoms with Crippen molar-refractivity contribution in [3.63, 3.8) is 0 Å². The molecule has 0 aromatic carbocycles. The Hall–Kier alpha value is -1.14. The van der Waals surface area contributed by atoms with Gasteiger partial charge in [0.25, 0.3) is 5.91 Å². The van der Waals surface area contributed by atoms with Crippen molar-refractivity contribution in [3.05, 3.63) is 0 Å². The van der Waals surface area contributed by atoms with Gasteiger partial charge in [0, 0.05) is 6.54 Å². The van der Waals surface area contributed by atoms with Crippen LogP contribution in [-0.4, -0.2) is 45.9 Å². The summed E-state index contributed by atoms with van der Waals surface area (Å²) in [5.74, 6) is -2.46. The van der Waals surface area contributed by atoms with Crippen molar-refractivity contribution in [1.29, 1.82) is 0 Å². The van der Waals surface area contributed by atoms with Gasteiger partial charge in [-0.15, -0.1) is 0 Å². The molecule has 6 nitrogen and oxygen atoms in total. The zero-order valence-electron chi connectivity index (χ0n) is 12.2. The molecule has 2 atom stereocenters.